The van der Waals surface area contributed by atoms with E-state index in [1.807, 2.05) is 32.0 Å². The summed E-state index contributed by atoms with van der Waals surface area (Å²) in [6.45, 7) is 5.76. The third-order valence-electron chi connectivity index (χ3n) is 2.76. The molecule has 1 N–H and O–H groups in total. The number of rotatable bonds is 9. The van der Waals surface area contributed by atoms with Crippen LogP contribution in [0.3, 0.4) is 0 Å². The molecule has 1 aromatic carbocycles. The number of sulfone groups is 1. The van der Waals surface area contributed by atoms with Crippen LogP contribution in [0, 0.1) is 0 Å². The first kappa shape index (κ1) is 17.5. The summed E-state index contributed by atoms with van der Waals surface area (Å²) in [5, 5.41) is 3.25. The zero-order valence-electron chi connectivity index (χ0n) is 12.0. The summed E-state index contributed by atoms with van der Waals surface area (Å²) in [7, 11) is -2.98. The van der Waals surface area contributed by atoms with Crippen molar-refractivity contribution in [2.45, 2.75) is 26.8 Å². The SMILES string of the molecule is CCCS(=O)(=O)CCOc1ccc(Br)c(CNCC)c1. The molecule has 1 rings (SSSR count). The van der Waals surface area contributed by atoms with Crippen LogP contribution in [0.2, 0.25) is 0 Å². The molecule has 0 amide bonds. The molecule has 0 aliphatic rings. The van der Waals surface area contributed by atoms with Crippen molar-refractivity contribution in [3.63, 3.8) is 0 Å². The lowest BCUT2D eigenvalue weighted by Crippen LogP contribution is -2.17. The second kappa shape index (κ2) is 8.64. The highest BCUT2D eigenvalue weighted by atomic mass is 79.9. The third-order valence-corrected chi connectivity index (χ3v) is 5.35. The van der Waals surface area contributed by atoms with Crippen LogP contribution < -0.4 is 10.1 Å². The van der Waals surface area contributed by atoms with Gasteiger partial charge in [-0.3, -0.25) is 0 Å². The molecule has 0 saturated carbocycles. The summed E-state index contributed by atoms with van der Waals surface area (Å²) in [6, 6.07) is 5.69. The molecule has 0 radical (unpaired) electrons. The van der Waals surface area contributed by atoms with E-state index in [2.05, 4.69) is 21.2 Å². The van der Waals surface area contributed by atoms with E-state index >= 15 is 0 Å². The predicted octanol–water partition coefficient (Wildman–Crippen LogP) is 2.76. The van der Waals surface area contributed by atoms with E-state index in [1.54, 1.807) is 0 Å². The molecule has 0 spiro atoms. The Morgan fingerprint density at radius 3 is 2.65 bits per heavy atom. The van der Waals surface area contributed by atoms with Gasteiger partial charge >= 0.3 is 0 Å². The minimum atomic E-state index is -2.98. The van der Waals surface area contributed by atoms with Gasteiger partial charge in [0, 0.05) is 11.0 Å². The van der Waals surface area contributed by atoms with Crippen molar-refractivity contribution in [1.82, 2.24) is 5.32 Å². The molecule has 114 valence electrons. The Labute approximate surface area is 130 Å². The van der Waals surface area contributed by atoms with Crippen LogP contribution in [0.15, 0.2) is 22.7 Å². The van der Waals surface area contributed by atoms with Crippen LogP contribution in [-0.4, -0.2) is 33.1 Å². The highest BCUT2D eigenvalue weighted by molar-refractivity contribution is 9.10. The van der Waals surface area contributed by atoms with Gasteiger partial charge < -0.3 is 10.1 Å². The van der Waals surface area contributed by atoms with Crippen molar-refractivity contribution in [2.75, 3.05) is 24.7 Å². The summed E-state index contributed by atoms with van der Waals surface area (Å²) in [4.78, 5) is 0. The summed E-state index contributed by atoms with van der Waals surface area (Å²) in [6.07, 6.45) is 0.646. The lowest BCUT2D eigenvalue weighted by atomic mass is 10.2. The molecule has 20 heavy (non-hydrogen) atoms. The maximum absolute atomic E-state index is 11.6. The van der Waals surface area contributed by atoms with Crippen LogP contribution in [0.5, 0.6) is 5.75 Å². The molecule has 0 fully saturated rings. The zero-order chi connectivity index (χ0) is 15.0. The van der Waals surface area contributed by atoms with E-state index in [9.17, 15) is 8.42 Å². The van der Waals surface area contributed by atoms with Crippen molar-refractivity contribution in [3.8, 4) is 5.75 Å². The smallest absolute Gasteiger partial charge is 0.153 e. The molecule has 1 aromatic rings. The van der Waals surface area contributed by atoms with E-state index < -0.39 is 9.84 Å². The molecule has 0 bridgehead atoms. The highest BCUT2D eigenvalue weighted by Crippen LogP contribution is 2.22. The standard InChI is InChI=1S/C14H22BrNO3S/c1-3-8-20(17,18)9-7-19-13-5-6-14(15)12(10-13)11-16-4-2/h5-6,10,16H,3-4,7-9,11H2,1-2H3. The summed E-state index contributed by atoms with van der Waals surface area (Å²) in [5.41, 5.74) is 1.10. The molecule has 0 aliphatic heterocycles. The first-order valence-corrected chi connectivity index (χ1v) is 9.42. The van der Waals surface area contributed by atoms with Gasteiger partial charge in [0.25, 0.3) is 0 Å². The number of nitrogens with one attached hydrogen (secondary N) is 1. The van der Waals surface area contributed by atoms with E-state index in [0.717, 1.165) is 23.1 Å². The largest absolute Gasteiger partial charge is 0.493 e. The van der Waals surface area contributed by atoms with Gasteiger partial charge in [-0.25, -0.2) is 8.42 Å². The molecule has 6 heteroatoms. The van der Waals surface area contributed by atoms with Gasteiger partial charge in [0.2, 0.25) is 0 Å². The van der Waals surface area contributed by atoms with Crippen LogP contribution >= 0.6 is 15.9 Å². The molecule has 4 nitrogen and oxygen atoms in total. The molecular formula is C14H22BrNO3S. The molecule has 0 aromatic heterocycles. The van der Waals surface area contributed by atoms with E-state index in [-0.39, 0.29) is 18.1 Å². The Morgan fingerprint density at radius 1 is 1.25 bits per heavy atom. The van der Waals surface area contributed by atoms with Gasteiger partial charge in [0.05, 0.1) is 11.5 Å². The Hall–Kier alpha value is -0.590. The first-order valence-electron chi connectivity index (χ1n) is 6.81. The van der Waals surface area contributed by atoms with Crippen LogP contribution in [-0.2, 0) is 16.4 Å². The Kier molecular flexibility index (Phi) is 7.55. The fourth-order valence-electron chi connectivity index (χ4n) is 1.74. The minimum absolute atomic E-state index is 0.0689. The average molecular weight is 364 g/mol. The number of halogens is 1. The van der Waals surface area contributed by atoms with Gasteiger partial charge in [0.15, 0.2) is 9.84 Å². The number of hydrogen-bond acceptors (Lipinski definition) is 4. The highest BCUT2D eigenvalue weighted by Gasteiger charge is 2.09. The third kappa shape index (κ3) is 6.24. The number of benzene rings is 1. The first-order chi connectivity index (χ1) is 9.48. The van der Waals surface area contributed by atoms with E-state index in [1.165, 1.54) is 0 Å². The summed E-state index contributed by atoms with van der Waals surface area (Å²) < 4.78 is 29.7. The van der Waals surface area contributed by atoms with Crippen LogP contribution in [0.25, 0.3) is 0 Å². The number of ether oxygens (including phenoxy) is 1. The second-order valence-corrected chi connectivity index (χ2v) is 7.69. The van der Waals surface area contributed by atoms with Crippen molar-refractivity contribution < 1.29 is 13.2 Å². The van der Waals surface area contributed by atoms with E-state index in [0.29, 0.717) is 12.2 Å². The van der Waals surface area contributed by atoms with Gasteiger partial charge in [0.1, 0.15) is 12.4 Å². The van der Waals surface area contributed by atoms with Crippen molar-refractivity contribution in [2.24, 2.45) is 0 Å². The van der Waals surface area contributed by atoms with Gasteiger partial charge in [-0.1, -0.05) is 29.8 Å². The quantitative estimate of drug-likeness (QED) is 0.732. The zero-order valence-corrected chi connectivity index (χ0v) is 14.4. The molecule has 0 saturated heterocycles. The molecule has 0 atom stereocenters. The lowest BCUT2D eigenvalue weighted by molar-refractivity contribution is 0.340. The Morgan fingerprint density at radius 2 is 2.00 bits per heavy atom. The molecule has 0 aliphatic carbocycles. The van der Waals surface area contributed by atoms with E-state index in [4.69, 9.17) is 4.74 Å². The topological polar surface area (TPSA) is 55.4 Å². The fraction of sp³-hybridized carbons (Fsp3) is 0.571. The van der Waals surface area contributed by atoms with Crippen molar-refractivity contribution in [3.05, 3.63) is 28.2 Å². The van der Waals surface area contributed by atoms with Crippen LogP contribution in [0.1, 0.15) is 25.8 Å². The van der Waals surface area contributed by atoms with Crippen LogP contribution in [0.4, 0.5) is 0 Å². The molecule has 0 heterocycles. The molecular weight excluding hydrogens is 342 g/mol. The minimum Gasteiger partial charge on any atom is -0.493 e. The second-order valence-electron chi connectivity index (χ2n) is 4.53. The van der Waals surface area contributed by atoms with Crippen molar-refractivity contribution in [1.29, 1.82) is 0 Å². The van der Waals surface area contributed by atoms with Gasteiger partial charge in [-0.15, -0.1) is 0 Å². The Bertz CT molecular complexity index is 517. The van der Waals surface area contributed by atoms with Gasteiger partial charge in [-0.05, 0) is 36.7 Å². The normalized spacial score (nSPS) is 11.6. The van der Waals surface area contributed by atoms with Crippen molar-refractivity contribution >= 4 is 25.8 Å². The summed E-state index contributed by atoms with van der Waals surface area (Å²) in [5.74, 6) is 0.995. The Balaban J connectivity index is 2.56. The predicted molar refractivity (Wildman–Crippen MR) is 86.0 cm³/mol. The molecule has 0 unspecified atom stereocenters. The lowest BCUT2D eigenvalue weighted by Gasteiger charge is -2.10. The number of hydrogen-bond donors (Lipinski definition) is 1. The maximum atomic E-state index is 11.6. The average Bonchev–Trinajstić information content (AvgIpc) is 2.39. The fourth-order valence-corrected chi connectivity index (χ4v) is 3.29. The monoisotopic (exact) mass is 363 g/mol. The maximum Gasteiger partial charge on any atom is 0.153 e. The summed E-state index contributed by atoms with van der Waals surface area (Å²) >= 11 is 3.49. The van der Waals surface area contributed by atoms with Gasteiger partial charge in [-0.2, -0.15) is 0 Å².